The Hall–Kier alpha value is -0.730. The third kappa shape index (κ3) is 5.70. The maximum absolute atomic E-state index is 7.98. The zero-order chi connectivity index (χ0) is 8.74. The van der Waals surface area contributed by atoms with Crippen LogP contribution in [0.3, 0.4) is 0 Å². The fourth-order valence-corrected chi connectivity index (χ4v) is 0.722. The van der Waals surface area contributed by atoms with Crippen molar-refractivity contribution in [1.82, 2.24) is 0 Å². The maximum atomic E-state index is 7.98. The first-order valence-electron chi connectivity index (χ1n) is 3.68. The highest BCUT2D eigenvalue weighted by atomic mass is 16.5. The number of azide groups is 1. The second kappa shape index (κ2) is 4.99. The summed E-state index contributed by atoms with van der Waals surface area (Å²) in [7, 11) is 1.69. The summed E-state index contributed by atoms with van der Waals surface area (Å²) in [5.74, 6) is 0. The molecule has 0 amide bonds. The zero-order valence-electron chi connectivity index (χ0n) is 7.37. The Morgan fingerprint density at radius 3 is 2.64 bits per heavy atom. The summed E-state index contributed by atoms with van der Waals surface area (Å²) >= 11 is 0. The molecule has 0 aliphatic rings. The van der Waals surface area contributed by atoms with Crippen LogP contribution in [0.5, 0.6) is 0 Å². The van der Waals surface area contributed by atoms with Crippen molar-refractivity contribution in [2.45, 2.75) is 32.3 Å². The molecule has 0 saturated heterocycles. The van der Waals surface area contributed by atoms with E-state index in [-0.39, 0.29) is 5.60 Å². The molecule has 0 saturated carbocycles. The molecule has 64 valence electrons. The van der Waals surface area contributed by atoms with Crippen LogP contribution in [0.1, 0.15) is 26.7 Å². The molecule has 11 heavy (non-hydrogen) atoms. The van der Waals surface area contributed by atoms with E-state index in [2.05, 4.69) is 10.0 Å². The van der Waals surface area contributed by atoms with E-state index in [0.29, 0.717) is 6.54 Å². The van der Waals surface area contributed by atoms with Crippen LogP contribution >= 0.6 is 0 Å². The number of hydrogen-bond donors (Lipinski definition) is 0. The lowest BCUT2D eigenvalue weighted by Crippen LogP contribution is -2.22. The summed E-state index contributed by atoms with van der Waals surface area (Å²) in [5.41, 5.74) is 7.89. The lowest BCUT2D eigenvalue weighted by Gasteiger charge is -2.21. The van der Waals surface area contributed by atoms with Crippen LogP contribution in [-0.4, -0.2) is 19.3 Å². The summed E-state index contributed by atoms with van der Waals surface area (Å²) in [5, 5.41) is 3.43. The summed E-state index contributed by atoms with van der Waals surface area (Å²) in [6.45, 7) is 4.59. The van der Waals surface area contributed by atoms with Gasteiger partial charge < -0.3 is 4.74 Å². The van der Waals surface area contributed by atoms with Crippen molar-refractivity contribution in [3.8, 4) is 0 Å². The van der Waals surface area contributed by atoms with Gasteiger partial charge in [0.15, 0.2) is 0 Å². The van der Waals surface area contributed by atoms with Crippen molar-refractivity contribution in [2.24, 2.45) is 5.11 Å². The average Bonchev–Trinajstić information content (AvgIpc) is 1.99. The second-order valence-corrected chi connectivity index (χ2v) is 3.02. The van der Waals surface area contributed by atoms with Crippen LogP contribution in [0.4, 0.5) is 0 Å². The summed E-state index contributed by atoms with van der Waals surface area (Å²) in [6.07, 6.45) is 1.80. The van der Waals surface area contributed by atoms with Gasteiger partial charge in [0, 0.05) is 18.6 Å². The highest BCUT2D eigenvalue weighted by Gasteiger charge is 2.14. The molecule has 0 aliphatic heterocycles. The van der Waals surface area contributed by atoms with Gasteiger partial charge in [0.25, 0.3) is 0 Å². The van der Waals surface area contributed by atoms with Gasteiger partial charge in [-0.25, -0.2) is 0 Å². The summed E-state index contributed by atoms with van der Waals surface area (Å²) < 4.78 is 5.18. The number of nitrogens with zero attached hydrogens (tertiary/aromatic N) is 3. The Bertz CT molecular complexity index is 150. The molecule has 0 aromatic heterocycles. The topological polar surface area (TPSA) is 58.0 Å². The third-order valence-corrected chi connectivity index (χ3v) is 1.65. The Morgan fingerprint density at radius 1 is 1.55 bits per heavy atom. The first kappa shape index (κ1) is 10.3. The normalized spacial score (nSPS) is 10.8. The van der Waals surface area contributed by atoms with E-state index >= 15 is 0 Å². The van der Waals surface area contributed by atoms with Gasteiger partial charge in [-0.3, -0.25) is 0 Å². The van der Waals surface area contributed by atoms with Crippen molar-refractivity contribution in [1.29, 1.82) is 0 Å². The van der Waals surface area contributed by atoms with E-state index in [1.54, 1.807) is 7.11 Å². The van der Waals surface area contributed by atoms with Crippen LogP contribution in [-0.2, 0) is 4.74 Å². The molecule has 4 heteroatoms. The van der Waals surface area contributed by atoms with Crippen molar-refractivity contribution < 1.29 is 4.74 Å². The van der Waals surface area contributed by atoms with Gasteiger partial charge in [0.1, 0.15) is 0 Å². The smallest absolute Gasteiger partial charge is 0.0622 e. The van der Waals surface area contributed by atoms with Gasteiger partial charge >= 0.3 is 0 Å². The minimum Gasteiger partial charge on any atom is -0.379 e. The molecule has 0 spiro atoms. The maximum Gasteiger partial charge on any atom is 0.0622 e. The van der Waals surface area contributed by atoms with E-state index < -0.39 is 0 Å². The Morgan fingerprint density at radius 2 is 2.18 bits per heavy atom. The second-order valence-electron chi connectivity index (χ2n) is 3.02. The minimum atomic E-state index is -0.0923. The predicted octanol–water partition coefficient (Wildman–Crippen LogP) is 2.50. The Kier molecular flexibility index (Phi) is 4.66. The minimum absolute atomic E-state index is 0.0923. The van der Waals surface area contributed by atoms with Crippen LogP contribution in [0.25, 0.3) is 10.4 Å². The monoisotopic (exact) mass is 157 g/mol. The first-order chi connectivity index (χ1) is 5.12. The highest BCUT2D eigenvalue weighted by Crippen LogP contribution is 2.14. The standard InChI is InChI=1S/C7H15N3O/c1-7(2,11-3)5-4-6-9-10-8/h4-6H2,1-3H3. The average molecular weight is 157 g/mol. The van der Waals surface area contributed by atoms with Gasteiger partial charge in [-0.05, 0) is 32.2 Å². The Balaban J connectivity index is 3.45. The first-order valence-corrected chi connectivity index (χ1v) is 3.68. The van der Waals surface area contributed by atoms with Crippen molar-refractivity contribution in [3.05, 3.63) is 10.4 Å². The molecule has 0 N–H and O–H groups in total. The third-order valence-electron chi connectivity index (χ3n) is 1.65. The van der Waals surface area contributed by atoms with Gasteiger partial charge in [-0.1, -0.05) is 5.11 Å². The fraction of sp³-hybridized carbons (Fsp3) is 1.00. The van der Waals surface area contributed by atoms with E-state index in [1.165, 1.54) is 0 Å². The molecule has 0 fully saturated rings. The predicted molar refractivity (Wildman–Crippen MR) is 44.3 cm³/mol. The Labute approximate surface area is 67.2 Å². The lowest BCUT2D eigenvalue weighted by atomic mass is 10.0. The molecule has 0 aromatic carbocycles. The molecule has 4 nitrogen and oxygen atoms in total. The van der Waals surface area contributed by atoms with E-state index in [1.807, 2.05) is 13.8 Å². The van der Waals surface area contributed by atoms with Gasteiger partial charge in [-0.15, -0.1) is 0 Å². The van der Waals surface area contributed by atoms with Crippen LogP contribution in [0.2, 0.25) is 0 Å². The molecular formula is C7H15N3O. The number of hydrogen-bond acceptors (Lipinski definition) is 2. The largest absolute Gasteiger partial charge is 0.379 e. The molecule has 0 heterocycles. The van der Waals surface area contributed by atoms with Gasteiger partial charge in [-0.2, -0.15) is 0 Å². The molecule has 0 rings (SSSR count). The van der Waals surface area contributed by atoms with Crippen LogP contribution < -0.4 is 0 Å². The van der Waals surface area contributed by atoms with Crippen molar-refractivity contribution in [2.75, 3.05) is 13.7 Å². The van der Waals surface area contributed by atoms with Crippen molar-refractivity contribution >= 4 is 0 Å². The van der Waals surface area contributed by atoms with E-state index in [0.717, 1.165) is 12.8 Å². The molecular weight excluding hydrogens is 142 g/mol. The fourth-order valence-electron chi connectivity index (χ4n) is 0.722. The highest BCUT2D eigenvalue weighted by molar-refractivity contribution is 4.67. The number of methoxy groups -OCH3 is 1. The zero-order valence-corrected chi connectivity index (χ0v) is 7.37. The SMILES string of the molecule is COC(C)(C)CCCN=[N+]=[N-]. The molecule has 0 unspecified atom stereocenters. The van der Waals surface area contributed by atoms with Gasteiger partial charge in [0.2, 0.25) is 0 Å². The van der Waals surface area contributed by atoms with E-state index in [4.69, 9.17) is 10.3 Å². The molecule has 0 aromatic rings. The van der Waals surface area contributed by atoms with Crippen LogP contribution in [0, 0.1) is 0 Å². The van der Waals surface area contributed by atoms with Gasteiger partial charge in [0.05, 0.1) is 5.60 Å². The quantitative estimate of drug-likeness (QED) is 0.262. The summed E-state index contributed by atoms with van der Waals surface area (Å²) in [6, 6.07) is 0. The lowest BCUT2D eigenvalue weighted by molar-refractivity contribution is 0.0144. The molecule has 0 atom stereocenters. The number of rotatable bonds is 5. The van der Waals surface area contributed by atoms with Crippen LogP contribution in [0.15, 0.2) is 5.11 Å². The molecule has 0 bridgehead atoms. The summed E-state index contributed by atoms with van der Waals surface area (Å²) in [4.78, 5) is 2.67. The number of ether oxygens (including phenoxy) is 1. The molecule has 0 radical (unpaired) electrons. The van der Waals surface area contributed by atoms with E-state index in [9.17, 15) is 0 Å². The molecule has 0 aliphatic carbocycles. The van der Waals surface area contributed by atoms with Crippen molar-refractivity contribution in [3.63, 3.8) is 0 Å².